The van der Waals surface area contributed by atoms with Crippen LogP contribution in [0.15, 0.2) is 65.0 Å². The second-order valence-corrected chi connectivity index (χ2v) is 6.61. The highest BCUT2D eigenvalue weighted by Gasteiger charge is 2.48. The second kappa shape index (κ2) is 6.77. The van der Waals surface area contributed by atoms with E-state index in [1.165, 1.54) is 4.90 Å². The molecule has 1 atom stereocenters. The van der Waals surface area contributed by atoms with E-state index in [2.05, 4.69) is 10.1 Å². The fraction of sp³-hybridized carbons (Fsp3) is 0.143. The predicted octanol–water partition coefficient (Wildman–Crippen LogP) is 3.31. The lowest BCUT2D eigenvalue weighted by atomic mass is 9.95. The second-order valence-electron chi connectivity index (χ2n) is 6.61. The van der Waals surface area contributed by atoms with Crippen LogP contribution in [0.4, 0.5) is 5.82 Å². The van der Waals surface area contributed by atoms with Crippen LogP contribution < -0.4 is 4.90 Å². The standard InChI is InChI=1S/C21H17N3O4/c1-12-3-5-15(6-4-12)19(25)17-18(14-7-9-22-10-8-14)24(21(27)20(17)26)16-11-13(2)28-23-16/h3-11,18,25H,1-2H3/b19-17+. The van der Waals surface area contributed by atoms with Crippen LogP contribution in [0.3, 0.4) is 0 Å². The van der Waals surface area contributed by atoms with Gasteiger partial charge >= 0.3 is 5.91 Å². The molecule has 28 heavy (non-hydrogen) atoms. The first kappa shape index (κ1) is 17.7. The van der Waals surface area contributed by atoms with E-state index in [1.807, 2.05) is 19.1 Å². The molecular formula is C21H17N3O4. The Morgan fingerprint density at radius 3 is 2.36 bits per heavy atom. The molecule has 1 amide bonds. The van der Waals surface area contributed by atoms with Gasteiger partial charge in [-0.05, 0) is 31.5 Å². The van der Waals surface area contributed by atoms with Gasteiger partial charge in [-0.2, -0.15) is 0 Å². The zero-order valence-corrected chi connectivity index (χ0v) is 15.3. The third-order valence-electron chi connectivity index (χ3n) is 4.65. The fourth-order valence-electron chi connectivity index (χ4n) is 3.26. The maximum absolute atomic E-state index is 12.9. The van der Waals surface area contributed by atoms with Crippen LogP contribution in [0.2, 0.25) is 0 Å². The van der Waals surface area contributed by atoms with Crippen molar-refractivity contribution in [3.8, 4) is 0 Å². The number of aliphatic hydroxyl groups is 1. The highest BCUT2D eigenvalue weighted by atomic mass is 16.5. The number of benzene rings is 1. The Bertz CT molecular complexity index is 1080. The molecule has 140 valence electrons. The summed E-state index contributed by atoms with van der Waals surface area (Å²) in [7, 11) is 0. The summed E-state index contributed by atoms with van der Waals surface area (Å²) in [5, 5.41) is 14.8. The number of ketones is 1. The lowest BCUT2D eigenvalue weighted by molar-refractivity contribution is -0.132. The molecule has 2 aromatic heterocycles. The summed E-state index contributed by atoms with van der Waals surface area (Å²) in [5.74, 6) is -1.07. The van der Waals surface area contributed by atoms with E-state index in [4.69, 9.17) is 4.52 Å². The molecule has 1 N–H and O–H groups in total. The van der Waals surface area contributed by atoms with E-state index in [1.54, 1.807) is 49.6 Å². The minimum absolute atomic E-state index is 0.000654. The zero-order chi connectivity index (χ0) is 19.8. The largest absolute Gasteiger partial charge is 0.507 e. The number of pyridine rings is 1. The SMILES string of the molecule is Cc1ccc(/C(O)=C2\C(=O)C(=O)N(c3cc(C)on3)C2c2ccncc2)cc1. The molecule has 1 saturated heterocycles. The number of hydrogen-bond acceptors (Lipinski definition) is 6. The predicted molar refractivity (Wildman–Crippen MR) is 101 cm³/mol. The Kier molecular flexibility index (Phi) is 4.27. The number of nitrogens with zero attached hydrogens (tertiary/aromatic N) is 3. The van der Waals surface area contributed by atoms with Gasteiger partial charge in [-0.25, -0.2) is 0 Å². The number of hydrogen-bond donors (Lipinski definition) is 1. The van der Waals surface area contributed by atoms with Crippen LogP contribution in [0.1, 0.15) is 28.5 Å². The molecule has 0 spiro atoms. The van der Waals surface area contributed by atoms with Crippen LogP contribution >= 0.6 is 0 Å². The maximum Gasteiger partial charge on any atom is 0.301 e. The van der Waals surface area contributed by atoms with Gasteiger partial charge < -0.3 is 9.63 Å². The third kappa shape index (κ3) is 2.87. The number of anilines is 1. The topological polar surface area (TPSA) is 96.5 Å². The number of amides is 1. The number of aliphatic hydroxyl groups excluding tert-OH is 1. The molecule has 0 aliphatic carbocycles. The van der Waals surface area contributed by atoms with Crippen molar-refractivity contribution in [3.05, 3.63) is 82.9 Å². The molecule has 7 heteroatoms. The maximum atomic E-state index is 12.9. The summed E-state index contributed by atoms with van der Waals surface area (Å²) < 4.78 is 5.09. The van der Waals surface area contributed by atoms with Crippen molar-refractivity contribution in [2.24, 2.45) is 0 Å². The quantitative estimate of drug-likeness (QED) is 0.429. The van der Waals surface area contributed by atoms with E-state index >= 15 is 0 Å². The number of aromatic nitrogens is 2. The molecule has 1 aliphatic heterocycles. The van der Waals surface area contributed by atoms with Crippen molar-refractivity contribution in [2.75, 3.05) is 4.90 Å². The molecule has 3 aromatic rings. The first-order valence-electron chi connectivity index (χ1n) is 8.68. The van der Waals surface area contributed by atoms with Crippen LogP contribution in [-0.4, -0.2) is 26.9 Å². The summed E-state index contributed by atoms with van der Waals surface area (Å²) in [4.78, 5) is 30.9. The van der Waals surface area contributed by atoms with E-state index in [0.717, 1.165) is 5.56 Å². The summed E-state index contributed by atoms with van der Waals surface area (Å²) in [6, 6.07) is 11.2. The van der Waals surface area contributed by atoms with Crippen molar-refractivity contribution in [2.45, 2.75) is 19.9 Å². The molecule has 3 heterocycles. The van der Waals surface area contributed by atoms with Crippen molar-refractivity contribution in [3.63, 3.8) is 0 Å². The minimum Gasteiger partial charge on any atom is -0.507 e. The van der Waals surface area contributed by atoms with Gasteiger partial charge in [0, 0.05) is 24.0 Å². The van der Waals surface area contributed by atoms with Gasteiger partial charge in [0.2, 0.25) is 0 Å². The summed E-state index contributed by atoms with van der Waals surface area (Å²) in [6.07, 6.45) is 3.13. The van der Waals surface area contributed by atoms with E-state index in [-0.39, 0.29) is 17.2 Å². The Balaban J connectivity index is 1.93. The summed E-state index contributed by atoms with van der Waals surface area (Å²) in [6.45, 7) is 3.62. The van der Waals surface area contributed by atoms with Crippen molar-refractivity contribution < 1.29 is 19.2 Å². The van der Waals surface area contributed by atoms with Gasteiger partial charge in [0.05, 0.1) is 11.6 Å². The lowest BCUT2D eigenvalue weighted by Gasteiger charge is -2.22. The number of aryl methyl sites for hydroxylation is 2. The number of carbonyl (C=O) groups excluding carboxylic acids is 2. The highest BCUT2D eigenvalue weighted by molar-refractivity contribution is 6.51. The van der Waals surface area contributed by atoms with Gasteiger partial charge in [0.15, 0.2) is 5.82 Å². The normalized spacial score (nSPS) is 18.6. The fourth-order valence-corrected chi connectivity index (χ4v) is 3.26. The summed E-state index contributed by atoms with van der Waals surface area (Å²) in [5.41, 5.74) is 2.10. The number of rotatable bonds is 3. The first-order valence-corrected chi connectivity index (χ1v) is 8.68. The monoisotopic (exact) mass is 375 g/mol. The summed E-state index contributed by atoms with van der Waals surface area (Å²) >= 11 is 0. The van der Waals surface area contributed by atoms with Gasteiger partial charge in [-0.1, -0.05) is 35.0 Å². The van der Waals surface area contributed by atoms with Gasteiger partial charge in [0.25, 0.3) is 5.78 Å². The van der Waals surface area contributed by atoms with E-state index in [9.17, 15) is 14.7 Å². The van der Waals surface area contributed by atoms with Crippen molar-refractivity contribution in [1.29, 1.82) is 0 Å². The Hall–Kier alpha value is -3.74. The molecule has 0 saturated carbocycles. The molecule has 7 nitrogen and oxygen atoms in total. The Labute approximate surface area is 160 Å². The molecular weight excluding hydrogens is 358 g/mol. The van der Waals surface area contributed by atoms with Crippen molar-refractivity contribution in [1.82, 2.24) is 10.1 Å². The van der Waals surface area contributed by atoms with Crippen LogP contribution in [-0.2, 0) is 9.59 Å². The third-order valence-corrected chi connectivity index (χ3v) is 4.65. The van der Waals surface area contributed by atoms with Crippen molar-refractivity contribution >= 4 is 23.3 Å². The molecule has 0 radical (unpaired) electrons. The van der Waals surface area contributed by atoms with Gasteiger partial charge in [0.1, 0.15) is 11.5 Å². The molecule has 0 bridgehead atoms. The molecule has 4 rings (SSSR count). The number of carbonyl (C=O) groups is 2. The molecule has 1 fully saturated rings. The smallest absolute Gasteiger partial charge is 0.301 e. The Morgan fingerprint density at radius 2 is 1.75 bits per heavy atom. The average molecular weight is 375 g/mol. The molecule has 1 aliphatic rings. The minimum atomic E-state index is -0.839. The highest BCUT2D eigenvalue weighted by Crippen LogP contribution is 2.41. The van der Waals surface area contributed by atoms with E-state index in [0.29, 0.717) is 16.9 Å². The number of Topliss-reactive ketones (excluding diaryl/α,β-unsaturated/α-hetero) is 1. The lowest BCUT2D eigenvalue weighted by Crippen LogP contribution is -2.29. The molecule has 1 unspecified atom stereocenters. The van der Waals surface area contributed by atoms with E-state index < -0.39 is 17.7 Å². The zero-order valence-electron chi connectivity index (χ0n) is 15.3. The first-order chi connectivity index (χ1) is 13.5. The van der Waals surface area contributed by atoms with Crippen LogP contribution in [0, 0.1) is 13.8 Å². The van der Waals surface area contributed by atoms with Gasteiger partial charge in [-0.3, -0.25) is 19.5 Å². The van der Waals surface area contributed by atoms with Crippen LogP contribution in [0.25, 0.3) is 5.76 Å². The van der Waals surface area contributed by atoms with Gasteiger partial charge in [-0.15, -0.1) is 0 Å². The average Bonchev–Trinajstić information content (AvgIpc) is 3.24. The van der Waals surface area contributed by atoms with Crippen LogP contribution in [0.5, 0.6) is 0 Å². The molecule has 1 aromatic carbocycles. The Morgan fingerprint density at radius 1 is 1.07 bits per heavy atom.